The van der Waals surface area contributed by atoms with E-state index in [9.17, 15) is 4.79 Å². The molecular formula is C10H19BrN2O. The second-order valence-electron chi connectivity index (χ2n) is 4.13. The van der Waals surface area contributed by atoms with Crippen LogP contribution in [0.2, 0.25) is 0 Å². The molecule has 0 saturated carbocycles. The highest BCUT2D eigenvalue weighted by atomic mass is 79.9. The summed E-state index contributed by atoms with van der Waals surface area (Å²) in [6.45, 7) is 4.97. The van der Waals surface area contributed by atoms with Crippen molar-refractivity contribution < 1.29 is 4.79 Å². The van der Waals surface area contributed by atoms with Gasteiger partial charge in [-0.2, -0.15) is 0 Å². The minimum Gasteiger partial charge on any atom is -0.355 e. The number of nitrogens with zero attached hydrogens (tertiary/aromatic N) is 1. The van der Waals surface area contributed by atoms with Crippen molar-refractivity contribution in [1.29, 1.82) is 0 Å². The van der Waals surface area contributed by atoms with Gasteiger partial charge in [0.25, 0.3) is 0 Å². The maximum absolute atomic E-state index is 11.3. The number of alkyl halides is 1. The Hall–Kier alpha value is -0.0900. The molecular weight excluding hydrogens is 244 g/mol. The molecule has 1 aliphatic rings. The summed E-state index contributed by atoms with van der Waals surface area (Å²) < 4.78 is 0. The Balaban J connectivity index is 2.20. The highest BCUT2D eigenvalue weighted by Gasteiger charge is 2.18. The predicted molar refractivity (Wildman–Crippen MR) is 61.6 cm³/mol. The monoisotopic (exact) mass is 262 g/mol. The molecule has 0 spiro atoms. The van der Waals surface area contributed by atoms with Crippen molar-refractivity contribution in [3.05, 3.63) is 0 Å². The second-order valence-corrected chi connectivity index (χ2v) is 5.51. The van der Waals surface area contributed by atoms with E-state index in [1.54, 1.807) is 0 Å². The summed E-state index contributed by atoms with van der Waals surface area (Å²) in [7, 11) is 2.14. The standard InChI is InChI=1S/C10H19BrN2O/c1-8(11)10(14)12-6-9-4-3-5-13(2)7-9/h8-9H,3-7H2,1-2H3,(H,12,14). The lowest BCUT2D eigenvalue weighted by atomic mass is 9.98. The van der Waals surface area contributed by atoms with E-state index in [0.717, 1.165) is 13.1 Å². The molecule has 1 saturated heterocycles. The van der Waals surface area contributed by atoms with E-state index in [4.69, 9.17) is 0 Å². The second kappa shape index (κ2) is 5.71. The average Bonchev–Trinajstić information content (AvgIpc) is 2.14. The van der Waals surface area contributed by atoms with Crippen molar-refractivity contribution in [3.63, 3.8) is 0 Å². The molecule has 3 nitrogen and oxygen atoms in total. The molecule has 1 amide bonds. The van der Waals surface area contributed by atoms with E-state index < -0.39 is 0 Å². The predicted octanol–water partition coefficient (Wildman–Crippen LogP) is 1.23. The minimum atomic E-state index is -0.0798. The van der Waals surface area contributed by atoms with Crippen LogP contribution in [0.3, 0.4) is 0 Å². The molecule has 0 radical (unpaired) electrons. The smallest absolute Gasteiger partial charge is 0.233 e. The molecule has 1 aliphatic heterocycles. The first-order valence-corrected chi connectivity index (χ1v) is 6.11. The van der Waals surface area contributed by atoms with E-state index in [1.807, 2.05) is 6.92 Å². The van der Waals surface area contributed by atoms with E-state index in [-0.39, 0.29) is 10.7 Å². The fourth-order valence-electron chi connectivity index (χ4n) is 1.83. The molecule has 0 aromatic heterocycles. The quantitative estimate of drug-likeness (QED) is 0.777. The lowest BCUT2D eigenvalue weighted by molar-refractivity contribution is -0.120. The number of amides is 1. The van der Waals surface area contributed by atoms with Crippen molar-refractivity contribution in [2.24, 2.45) is 5.92 Å². The molecule has 0 aromatic carbocycles. The Labute approximate surface area is 94.4 Å². The minimum absolute atomic E-state index is 0.0798. The average molecular weight is 263 g/mol. The zero-order chi connectivity index (χ0) is 10.6. The maximum Gasteiger partial charge on any atom is 0.233 e. The number of piperidine rings is 1. The molecule has 4 heteroatoms. The van der Waals surface area contributed by atoms with Crippen LogP contribution in [-0.4, -0.2) is 42.3 Å². The summed E-state index contributed by atoms with van der Waals surface area (Å²) in [5.41, 5.74) is 0. The van der Waals surface area contributed by atoms with Crippen molar-refractivity contribution in [2.75, 3.05) is 26.7 Å². The summed E-state index contributed by atoms with van der Waals surface area (Å²) in [4.78, 5) is 13.5. The fraction of sp³-hybridized carbons (Fsp3) is 0.900. The number of likely N-dealkylation sites (tertiary alicyclic amines) is 1. The first-order chi connectivity index (χ1) is 6.59. The van der Waals surface area contributed by atoms with Crippen molar-refractivity contribution in [2.45, 2.75) is 24.6 Å². The first kappa shape index (κ1) is 12.0. The summed E-state index contributed by atoms with van der Waals surface area (Å²) in [6, 6.07) is 0. The maximum atomic E-state index is 11.3. The van der Waals surface area contributed by atoms with Gasteiger partial charge < -0.3 is 10.2 Å². The van der Waals surface area contributed by atoms with Crippen LogP contribution >= 0.6 is 15.9 Å². The van der Waals surface area contributed by atoms with Gasteiger partial charge in [-0.1, -0.05) is 15.9 Å². The molecule has 1 fully saturated rings. The van der Waals surface area contributed by atoms with Crippen molar-refractivity contribution >= 4 is 21.8 Å². The molecule has 2 atom stereocenters. The molecule has 0 bridgehead atoms. The van der Waals surface area contributed by atoms with Gasteiger partial charge in [0.05, 0.1) is 4.83 Å². The van der Waals surface area contributed by atoms with Crippen molar-refractivity contribution in [1.82, 2.24) is 10.2 Å². The van der Waals surface area contributed by atoms with Crippen LogP contribution in [0.15, 0.2) is 0 Å². The number of carbonyl (C=O) groups excluding carboxylic acids is 1. The van der Waals surface area contributed by atoms with Crippen LogP contribution in [0, 0.1) is 5.92 Å². The summed E-state index contributed by atoms with van der Waals surface area (Å²) in [5, 5.41) is 2.96. The number of hydrogen-bond acceptors (Lipinski definition) is 2. The zero-order valence-corrected chi connectivity index (χ0v) is 10.5. The van der Waals surface area contributed by atoms with Gasteiger partial charge in [0.15, 0.2) is 0 Å². The van der Waals surface area contributed by atoms with E-state index >= 15 is 0 Å². The highest BCUT2D eigenvalue weighted by Crippen LogP contribution is 2.13. The summed E-state index contributed by atoms with van der Waals surface area (Å²) in [6.07, 6.45) is 2.49. The van der Waals surface area contributed by atoms with E-state index in [2.05, 4.69) is 33.2 Å². The van der Waals surface area contributed by atoms with Gasteiger partial charge in [-0.25, -0.2) is 0 Å². The molecule has 14 heavy (non-hydrogen) atoms. The molecule has 2 unspecified atom stereocenters. The number of carbonyl (C=O) groups is 1. The number of nitrogens with one attached hydrogen (secondary N) is 1. The van der Waals surface area contributed by atoms with E-state index in [1.165, 1.54) is 19.4 Å². The lowest BCUT2D eigenvalue weighted by Crippen LogP contribution is -2.40. The SMILES string of the molecule is CC(Br)C(=O)NCC1CCCN(C)C1. The number of rotatable bonds is 3. The molecule has 1 heterocycles. The summed E-state index contributed by atoms with van der Waals surface area (Å²) >= 11 is 3.25. The van der Waals surface area contributed by atoms with Gasteiger partial charge in [0.2, 0.25) is 5.91 Å². The van der Waals surface area contributed by atoms with Gasteiger partial charge in [0, 0.05) is 13.1 Å². The van der Waals surface area contributed by atoms with Gasteiger partial charge >= 0.3 is 0 Å². The highest BCUT2D eigenvalue weighted by molar-refractivity contribution is 9.10. The normalized spacial score (nSPS) is 25.8. The Morgan fingerprint density at radius 2 is 2.43 bits per heavy atom. The van der Waals surface area contributed by atoms with Crippen LogP contribution in [0.5, 0.6) is 0 Å². The van der Waals surface area contributed by atoms with E-state index in [0.29, 0.717) is 5.92 Å². The Morgan fingerprint density at radius 1 is 1.71 bits per heavy atom. The third kappa shape index (κ3) is 3.96. The number of hydrogen-bond donors (Lipinski definition) is 1. The zero-order valence-electron chi connectivity index (χ0n) is 8.92. The molecule has 1 rings (SSSR count). The third-order valence-corrected chi connectivity index (χ3v) is 3.06. The summed E-state index contributed by atoms with van der Waals surface area (Å²) in [5.74, 6) is 0.724. The molecule has 0 aliphatic carbocycles. The van der Waals surface area contributed by atoms with Crippen LogP contribution in [0.1, 0.15) is 19.8 Å². The van der Waals surface area contributed by atoms with Crippen LogP contribution < -0.4 is 5.32 Å². The van der Waals surface area contributed by atoms with Gasteiger partial charge in [0.1, 0.15) is 0 Å². The third-order valence-electron chi connectivity index (χ3n) is 2.65. The van der Waals surface area contributed by atoms with Crippen LogP contribution in [0.25, 0.3) is 0 Å². The van der Waals surface area contributed by atoms with Crippen LogP contribution in [0.4, 0.5) is 0 Å². The van der Waals surface area contributed by atoms with Crippen LogP contribution in [-0.2, 0) is 4.79 Å². The Kier molecular flexibility index (Phi) is 4.89. The van der Waals surface area contributed by atoms with Gasteiger partial charge in [-0.3, -0.25) is 4.79 Å². The molecule has 82 valence electrons. The molecule has 0 aromatic rings. The van der Waals surface area contributed by atoms with Crippen molar-refractivity contribution in [3.8, 4) is 0 Å². The fourth-order valence-corrected chi connectivity index (χ4v) is 1.99. The van der Waals surface area contributed by atoms with Gasteiger partial charge in [-0.15, -0.1) is 0 Å². The number of halogens is 1. The molecule has 1 N–H and O–H groups in total. The van der Waals surface area contributed by atoms with Gasteiger partial charge in [-0.05, 0) is 39.3 Å². The topological polar surface area (TPSA) is 32.3 Å². The first-order valence-electron chi connectivity index (χ1n) is 5.20. The largest absolute Gasteiger partial charge is 0.355 e. The Morgan fingerprint density at radius 3 is 3.00 bits per heavy atom. The lowest BCUT2D eigenvalue weighted by Gasteiger charge is -2.29. The Bertz CT molecular complexity index is 197.